The number of hydrogen-bond donors (Lipinski definition) is 0. The molecule has 4 heteroatoms. The van der Waals surface area contributed by atoms with Crippen molar-refractivity contribution in [3.05, 3.63) is 156 Å². The van der Waals surface area contributed by atoms with Crippen LogP contribution >= 0.6 is 11.3 Å². The van der Waals surface area contributed by atoms with E-state index in [0.29, 0.717) is 0 Å². The highest BCUT2D eigenvalue weighted by Crippen LogP contribution is 2.42. The fraction of sp³-hybridized carbons (Fsp3) is 0.0500. The SMILES string of the molecule is Cc1cc2c3c(c1)N(c1ccccc1)c1cc4sc(-c5ccccc5)cc4cc1B3c1occc1C(Cc1ccccc1)=C2. The third-order valence-electron chi connectivity index (χ3n) is 9.02. The largest absolute Gasteiger partial charge is 0.478 e. The predicted molar refractivity (Wildman–Crippen MR) is 188 cm³/mol. The molecule has 0 fully saturated rings. The Morgan fingerprint density at radius 1 is 0.750 bits per heavy atom. The quantitative estimate of drug-likeness (QED) is 0.193. The molecule has 2 aliphatic rings. The van der Waals surface area contributed by atoms with E-state index in [4.69, 9.17) is 4.42 Å². The summed E-state index contributed by atoms with van der Waals surface area (Å²) in [6.07, 6.45) is 5.14. The van der Waals surface area contributed by atoms with Gasteiger partial charge in [0.2, 0.25) is 0 Å². The minimum absolute atomic E-state index is 0.0189. The first-order valence-corrected chi connectivity index (χ1v) is 16.0. The summed E-state index contributed by atoms with van der Waals surface area (Å²) in [5.41, 5.74) is 14.8. The summed E-state index contributed by atoms with van der Waals surface area (Å²) >= 11 is 1.86. The van der Waals surface area contributed by atoms with E-state index in [9.17, 15) is 0 Å². The summed E-state index contributed by atoms with van der Waals surface area (Å²) in [6, 6.07) is 46.4. The van der Waals surface area contributed by atoms with Crippen LogP contribution in [0.4, 0.5) is 17.1 Å². The molecule has 0 atom stereocenters. The number of rotatable bonds is 4. The van der Waals surface area contributed by atoms with Crippen molar-refractivity contribution in [1.82, 2.24) is 0 Å². The van der Waals surface area contributed by atoms with Crippen molar-refractivity contribution in [3.63, 3.8) is 0 Å². The van der Waals surface area contributed by atoms with E-state index in [1.165, 1.54) is 70.7 Å². The van der Waals surface area contributed by atoms with E-state index in [-0.39, 0.29) is 6.71 Å². The highest BCUT2D eigenvalue weighted by molar-refractivity contribution is 7.22. The molecule has 9 rings (SSSR count). The molecule has 7 aromatic rings. The summed E-state index contributed by atoms with van der Waals surface area (Å²) in [7, 11) is 0. The number of thiophene rings is 1. The summed E-state index contributed by atoms with van der Waals surface area (Å²) in [6.45, 7) is 2.20. The van der Waals surface area contributed by atoms with Crippen molar-refractivity contribution >= 4 is 73.4 Å². The van der Waals surface area contributed by atoms with Gasteiger partial charge in [-0.25, -0.2) is 0 Å². The third-order valence-corrected chi connectivity index (χ3v) is 10.2. The molecule has 0 N–H and O–H groups in total. The number of para-hydroxylation sites is 1. The molecule has 0 spiro atoms. The van der Waals surface area contributed by atoms with Gasteiger partial charge >= 0.3 is 0 Å². The van der Waals surface area contributed by atoms with Crippen LogP contribution in [-0.2, 0) is 6.42 Å². The first-order valence-electron chi connectivity index (χ1n) is 15.2. The van der Waals surface area contributed by atoms with Crippen LogP contribution in [0, 0.1) is 6.92 Å². The molecule has 208 valence electrons. The zero-order valence-corrected chi connectivity index (χ0v) is 25.1. The van der Waals surface area contributed by atoms with E-state index in [1.54, 1.807) is 0 Å². The zero-order valence-electron chi connectivity index (χ0n) is 24.3. The van der Waals surface area contributed by atoms with Crippen LogP contribution in [0.5, 0.6) is 0 Å². The minimum atomic E-state index is -0.0189. The fourth-order valence-electron chi connectivity index (χ4n) is 7.14. The zero-order chi connectivity index (χ0) is 29.2. The van der Waals surface area contributed by atoms with Crippen molar-refractivity contribution < 1.29 is 4.42 Å². The fourth-order valence-corrected chi connectivity index (χ4v) is 8.22. The van der Waals surface area contributed by atoms with E-state index in [2.05, 4.69) is 145 Å². The Morgan fingerprint density at radius 3 is 2.30 bits per heavy atom. The number of hydrogen-bond acceptors (Lipinski definition) is 3. The van der Waals surface area contributed by atoms with Crippen LogP contribution < -0.4 is 21.5 Å². The number of anilines is 3. The van der Waals surface area contributed by atoms with Crippen LogP contribution in [-0.4, -0.2) is 6.71 Å². The topological polar surface area (TPSA) is 16.4 Å². The Kier molecular flexibility index (Phi) is 5.79. The van der Waals surface area contributed by atoms with Gasteiger partial charge in [0.25, 0.3) is 6.71 Å². The lowest BCUT2D eigenvalue weighted by Crippen LogP contribution is -2.58. The van der Waals surface area contributed by atoms with Gasteiger partial charge in [-0.3, -0.25) is 0 Å². The maximum atomic E-state index is 6.51. The van der Waals surface area contributed by atoms with Gasteiger partial charge in [0, 0.05) is 32.2 Å². The number of nitrogens with zero attached hydrogens (tertiary/aromatic N) is 1. The van der Waals surface area contributed by atoms with Crippen LogP contribution in [0.15, 0.2) is 138 Å². The van der Waals surface area contributed by atoms with E-state index < -0.39 is 0 Å². The maximum absolute atomic E-state index is 6.51. The normalized spacial score (nSPS) is 13.2. The van der Waals surface area contributed by atoms with Gasteiger partial charge in [-0.2, -0.15) is 0 Å². The van der Waals surface area contributed by atoms with Gasteiger partial charge < -0.3 is 9.32 Å². The molecule has 0 radical (unpaired) electrons. The molecule has 0 saturated heterocycles. The minimum Gasteiger partial charge on any atom is -0.478 e. The Labute approximate surface area is 261 Å². The number of furan rings is 1. The maximum Gasteiger partial charge on any atom is 0.293 e. The standard InChI is InChI=1S/C40H28BNOS/c1-26-19-31-22-29(21-27-11-5-2-6-12-27)33-17-18-43-40(33)41-34-23-30-24-37(28-13-7-3-8-14-28)44-38(30)25-35(34)42(36(20-26)39(31)41)32-15-9-4-10-16-32/h2-20,22-25H,21H2,1H3. The molecule has 0 aliphatic carbocycles. The highest BCUT2D eigenvalue weighted by Gasteiger charge is 2.42. The second-order valence-electron chi connectivity index (χ2n) is 11.8. The monoisotopic (exact) mass is 581 g/mol. The Bertz CT molecular complexity index is 2210. The van der Waals surface area contributed by atoms with Gasteiger partial charge in [-0.05, 0) is 93.9 Å². The van der Waals surface area contributed by atoms with Crippen molar-refractivity contribution in [2.45, 2.75) is 13.3 Å². The summed E-state index contributed by atoms with van der Waals surface area (Å²) in [5, 5.41) is 1.27. The second-order valence-corrected chi connectivity index (χ2v) is 12.9. The van der Waals surface area contributed by atoms with Gasteiger partial charge in [-0.15, -0.1) is 11.3 Å². The average Bonchev–Trinajstić information content (AvgIpc) is 3.69. The molecule has 4 heterocycles. The molecule has 0 bridgehead atoms. The van der Waals surface area contributed by atoms with E-state index in [0.717, 1.165) is 17.8 Å². The lowest BCUT2D eigenvalue weighted by atomic mass is 9.36. The van der Waals surface area contributed by atoms with Crippen LogP contribution in [0.3, 0.4) is 0 Å². The Hall–Kier alpha value is -5.06. The van der Waals surface area contributed by atoms with Crippen molar-refractivity contribution in [2.75, 3.05) is 4.90 Å². The van der Waals surface area contributed by atoms with Crippen molar-refractivity contribution in [1.29, 1.82) is 0 Å². The summed E-state index contributed by atoms with van der Waals surface area (Å²) < 4.78 is 7.80. The van der Waals surface area contributed by atoms with E-state index in [1.807, 2.05) is 17.6 Å². The van der Waals surface area contributed by atoms with E-state index >= 15 is 0 Å². The lowest BCUT2D eigenvalue weighted by molar-refractivity contribution is 0.600. The van der Waals surface area contributed by atoms with Crippen molar-refractivity contribution in [2.24, 2.45) is 0 Å². The van der Waals surface area contributed by atoms with Crippen LogP contribution in [0.1, 0.15) is 22.3 Å². The van der Waals surface area contributed by atoms with Gasteiger partial charge in [-0.1, -0.05) is 97.1 Å². The molecule has 2 aromatic heterocycles. The number of allylic oxidation sites excluding steroid dienone is 1. The smallest absolute Gasteiger partial charge is 0.293 e. The molecule has 2 aliphatic heterocycles. The summed E-state index contributed by atoms with van der Waals surface area (Å²) in [5.74, 6) is 0. The molecule has 0 unspecified atom stereocenters. The second kappa shape index (κ2) is 10.0. The molecule has 0 amide bonds. The molecular formula is C40H28BNOS. The molecule has 2 nitrogen and oxygen atoms in total. The third kappa shape index (κ3) is 4.02. The lowest BCUT2D eigenvalue weighted by Gasteiger charge is -2.37. The summed E-state index contributed by atoms with van der Waals surface area (Å²) in [4.78, 5) is 3.76. The average molecular weight is 582 g/mol. The number of aryl methyl sites for hydroxylation is 1. The highest BCUT2D eigenvalue weighted by atomic mass is 32.1. The van der Waals surface area contributed by atoms with Gasteiger partial charge in [0.1, 0.15) is 0 Å². The molecule has 0 saturated carbocycles. The first kappa shape index (κ1) is 25.4. The predicted octanol–water partition coefficient (Wildman–Crippen LogP) is 8.87. The molecular weight excluding hydrogens is 553 g/mol. The molecule has 5 aromatic carbocycles. The van der Waals surface area contributed by atoms with Crippen LogP contribution in [0.25, 0.3) is 32.2 Å². The van der Waals surface area contributed by atoms with Gasteiger partial charge in [0.15, 0.2) is 0 Å². The molecule has 44 heavy (non-hydrogen) atoms. The first-order chi connectivity index (χ1) is 21.7. The number of benzene rings is 5. The van der Waals surface area contributed by atoms with Gasteiger partial charge in [0.05, 0.1) is 11.9 Å². The Balaban J connectivity index is 1.33. The van der Waals surface area contributed by atoms with Crippen LogP contribution in [0.2, 0.25) is 0 Å². The number of fused-ring (bicyclic) bond motifs is 5. The van der Waals surface area contributed by atoms with Crippen molar-refractivity contribution in [3.8, 4) is 10.4 Å². The Morgan fingerprint density at radius 2 is 1.50 bits per heavy atom.